The van der Waals surface area contributed by atoms with Crippen LogP contribution in [0.5, 0.6) is 0 Å². The summed E-state index contributed by atoms with van der Waals surface area (Å²) in [7, 11) is 4.15. The minimum Gasteiger partial charge on any atom is -0.394 e. The van der Waals surface area contributed by atoms with Crippen molar-refractivity contribution in [3.05, 3.63) is 59.7 Å². The van der Waals surface area contributed by atoms with Gasteiger partial charge in [0.15, 0.2) is 0 Å². The normalized spacial score (nSPS) is 23.8. The maximum atomic E-state index is 9.90. The van der Waals surface area contributed by atoms with E-state index in [-0.39, 0.29) is 12.7 Å². The Morgan fingerprint density at radius 2 is 1.88 bits per heavy atom. The van der Waals surface area contributed by atoms with E-state index in [1.165, 1.54) is 16.7 Å². The minimum absolute atomic E-state index is 0.0819. The number of hydrogen-bond donors (Lipinski definition) is 2. The second-order valence-electron chi connectivity index (χ2n) is 7.01. The van der Waals surface area contributed by atoms with Crippen molar-refractivity contribution >= 4 is 0 Å². The van der Waals surface area contributed by atoms with Gasteiger partial charge in [-0.25, -0.2) is 0 Å². The van der Waals surface area contributed by atoms with Gasteiger partial charge in [-0.1, -0.05) is 42.5 Å². The predicted molar refractivity (Wildman–Crippen MR) is 99.2 cm³/mol. The van der Waals surface area contributed by atoms with Crippen molar-refractivity contribution in [2.75, 3.05) is 20.7 Å². The van der Waals surface area contributed by atoms with Crippen molar-refractivity contribution < 1.29 is 14.9 Å². The summed E-state index contributed by atoms with van der Waals surface area (Å²) >= 11 is 0. The lowest BCUT2D eigenvalue weighted by molar-refractivity contribution is -0.135. The number of aliphatic hydroxyl groups is 2. The topological polar surface area (TPSA) is 52.9 Å². The molecule has 0 amide bonds. The van der Waals surface area contributed by atoms with Crippen LogP contribution in [0.4, 0.5) is 0 Å². The molecule has 0 aromatic heterocycles. The van der Waals surface area contributed by atoms with Gasteiger partial charge in [0.25, 0.3) is 0 Å². The maximum Gasteiger partial charge on any atom is 0.107 e. The molecule has 3 unspecified atom stereocenters. The van der Waals surface area contributed by atoms with Gasteiger partial charge in [-0.05, 0) is 55.3 Å². The van der Waals surface area contributed by atoms with Crippen LogP contribution in [0.1, 0.15) is 30.1 Å². The van der Waals surface area contributed by atoms with E-state index in [1.54, 1.807) is 0 Å². The fourth-order valence-electron chi connectivity index (χ4n) is 3.47. The van der Waals surface area contributed by atoms with E-state index in [0.717, 1.165) is 18.5 Å². The average molecular weight is 341 g/mol. The van der Waals surface area contributed by atoms with Crippen molar-refractivity contribution in [2.24, 2.45) is 0 Å². The lowest BCUT2D eigenvalue weighted by Gasteiger charge is -2.33. The predicted octanol–water partition coefficient (Wildman–Crippen LogP) is 2.99. The van der Waals surface area contributed by atoms with Crippen molar-refractivity contribution in [2.45, 2.75) is 37.7 Å². The van der Waals surface area contributed by atoms with Crippen LogP contribution in [0.15, 0.2) is 48.5 Å². The van der Waals surface area contributed by atoms with E-state index >= 15 is 0 Å². The van der Waals surface area contributed by atoms with Crippen molar-refractivity contribution in [1.29, 1.82) is 0 Å². The highest BCUT2D eigenvalue weighted by molar-refractivity contribution is 5.68. The molecule has 4 heteroatoms. The molecule has 1 heterocycles. The quantitative estimate of drug-likeness (QED) is 0.878. The monoisotopic (exact) mass is 341 g/mol. The Hall–Kier alpha value is -1.72. The zero-order chi connectivity index (χ0) is 17.8. The van der Waals surface area contributed by atoms with Crippen LogP contribution in [-0.4, -0.2) is 48.0 Å². The highest BCUT2D eigenvalue weighted by Crippen LogP contribution is 2.34. The Morgan fingerprint density at radius 3 is 2.64 bits per heavy atom. The molecule has 0 aliphatic carbocycles. The molecule has 0 radical (unpaired) electrons. The van der Waals surface area contributed by atoms with Gasteiger partial charge in [0.1, 0.15) is 6.10 Å². The fraction of sp³-hybridized carbons (Fsp3) is 0.429. The lowest BCUT2D eigenvalue weighted by atomic mass is 9.93. The lowest BCUT2D eigenvalue weighted by Crippen LogP contribution is -2.38. The molecule has 134 valence electrons. The molecule has 1 aliphatic rings. The van der Waals surface area contributed by atoms with Crippen LogP contribution in [0.2, 0.25) is 0 Å². The van der Waals surface area contributed by atoms with Crippen LogP contribution in [0.3, 0.4) is 0 Å². The first kappa shape index (κ1) is 18.1. The summed E-state index contributed by atoms with van der Waals surface area (Å²) in [6.45, 7) is 0.738. The second-order valence-corrected chi connectivity index (χ2v) is 7.01. The molecule has 2 aromatic carbocycles. The molecule has 4 nitrogen and oxygen atoms in total. The Labute approximate surface area is 149 Å². The zero-order valence-electron chi connectivity index (χ0n) is 14.9. The van der Waals surface area contributed by atoms with Crippen LogP contribution < -0.4 is 0 Å². The third-order valence-electron chi connectivity index (χ3n) is 4.75. The van der Waals surface area contributed by atoms with Gasteiger partial charge < -0.3 is 19.8 Å². The van der Waals surface area contributed by atoms with Crippen LogP contribution >= 0.6 is 0 Å². The zero-order valence-corrected chi connectivity index (χ0v) is 14.9. The van der Waals surface area contributed by atoms with E-state index in [2.05, 4.69) is 67.5 Å². The molecule has 0 saturated carbocycles. The van der Waals surface area contributed by atoms with Crippen LogP contribution in [0, 0.1) is 0 Å². The molecule has 1 saturated heterocycles. The van der Waals surface area contributed by atoms with E-state index in [0.29, 0.717) is 6.42 Å². The number of aliphatic hydroxyl groups excluding tert-OH is 2. The van der Waals surface area contributed by atoms with Crippen LogP contribution in [0.25, 0.3) is 11.1 Å². The number of ether oxygens (including phenoxy) is 1. The third-order valence-corrected chi connectivity index (χ3v) is 4.75. The van der Waals surface area contributed by atoms with Gasteiger partial charge >= 0.3 is 0 Å². The third kappa shape index (κ3) is 4.28. The Balaban J connectivity index is 1.88. The molecule has 1 aliphatic heterocycles. The van der Waals surface area contributed by atoms with Gasteiger partial charge in [0, 0.05) is 6.54 Å². The summed E-state index contributed by atoms with van der Waals surface area (Å²) < 4.78 is 5.91. The molecular formula is C21H27NO3. The minimum atomic E-state index is -0.578. The van der Waals surface area contributed by atoms with Gasteiger partial charge in [-0.15, -0.1) is 0 Å². The maximum absolute atomic E-state index is 9.90. The molecule has 2 N–H and O–H groups in total. The SMILES string of the molecule is CN(C)Cc1ccccc1-c1cccc(C2CCC(O)C(CO)O2)c1. The summed E-state index contributed by atoms with van der Waals surface area (Å²) in [6.07, 6.45) is 0.257. The van der Waals surface area contributed by atoms with E-state index in [1.807, 2.05) is 0 Å². The van der Waals surface area contributed by atoms with Gasteiger partial charge in [-0.3, -0.25) is 0 Å². The van der Waals surface area contributed by atoms with E-state index in [9.17, 15) is 10.2 Å². The van der Waals surface area contributed by atoms with Crippen molar-refractivity contribution in [3.63, 3.8) is 0 Å². The molecule has 1 fully saturated rings. The smallest absolute Gasteiger partial charge is 0.107 e. The second kappa shape index (κ2) is 8.11. The van der Waals surface area contributed by atoms with E-state index in [4.69, 9.17) is 4.74 Å². The van der Waals surface area contributed by atoms with Gasteiger partial charge in [0.2, 0.25) is 0 Å². The standard InChI is InChI=1S/C21H27NO3/c1-22(2)13-17-6-3-4-9-18(17)15-7-5-8-16(12-15)20-11-10-19(24)21(14-23)25-20/h3-9,12,19-21,23-24H,10-11,13-14H2,1-2H3. The Kier molecular flexibility index (Phi) is 5.86. The summed E-state index contributed by atoms with van der Waals surface area (Å²) in [5.41, 5.74) is 4.79. The first-order valence-electron chi connectivity index (χ1n) is 8.86. The van der Waals surface area contributed by atoms with E-state index < -0.39 is 12.2 Å². The summed E-state index contributed by atoms with van der Waals surface area (Å²) in [5.74, 6) is 0. The van der Waals surface area contributed by atoms with Crippen molar-refractivity contribution in [1.82, 2.24) is 4.90 Å². The van der Waals surface area contributed by atoms with Crippen LogP contribution in [-0.2, 0) is 11.3 Å². The summed E-state index contributed by atoms with van der Waals surface area (Å²) in [4.78, 5) is 2.17. The molecule has 25 heavy (non-hydrogen) atoms. The first-order valence-corrected chi connectivity index (χ1v) is 8.86. The Bertz CT molecular complexity index is 701. The number of rotatable bonds is 5. The molecule has 0 spiro atoms. The molecule has 0 bridgehead atoms. The summed E-state index contributed by atoms with van der Waals surface area (Å²) in [5, 5.41) is 19.3. The Morgan fingerprint density at radius 1 is 1.08 bits per heavy atom. The highest BCUT2D eigenvalue weighted by atomic mass is 16.5. The largest absolute Gasteiger partial charge is 0.394 e. The number of hydrogen-bond acceptors (Lipinski definition) is 4. The first-order chi connectivity index (χ1) is 12.1. The molecule has 3 rings (SSSR count). The molecule has 3 atom stereocenters. The molecular weight excluding hydrogens is 314 g/mol. The van der Waals surface area contributed by atoms with Crippen molar-refractivity contribution in [3.8, 4) is 11.1 Å². The fourth-order valence-corrected chi connectivity index (χ4v) is 3.47. The summed E-state index contributed by atoms with van der Waals surface area (Å²) in [6, 6.07) is 16.9. The van der Waals surface area contributed by atoms with Gasteiger partial charge in [-0.2, -0.15) is 0 Å². The number of benzene rings is 2. The average Bonchev–Trinajstić information content (AvgIpc) is 2.62. The highest BCUT2D eigenvalue weighted by Gasteiger charge is 2.30. The molecule has 2 aromatic rings. The van der Waals surface area contributed by atoms with Gasteiger partial charge in [0.05, 0.1) is 18.8 Å². The number of nitrogens with zero attached hydrogens (tertiary/aromatic N) is 1.